The van der Waals surface area contributed by atoms with Crippen molar-refractivity contribution in [3.8, 4) is 0 Å². The maximum atomic E-state index is 14.4. The summed E-state index contributed by atoms with van der Waals surface area (Å²) >= 11 is 1.33. The Hall–Kier alpha value is -3.12. The molecule has 1 atom stereocenters. The topological polar surface area (TPSA) is 40.6 Å². The van der Waals surface area contributed by atoms with Gasteiger partial charge in [0.25, 0.3) is 5.91 Å². The van der Waals surface area contributed by atoms with Gasteiger partial charge in [0.2, 0.25) is 10.8 Å². The molecule has 0 bridgehead atoms. The fourth-order valence-electron chi connectivity index (χ4n) is 4.28. The van der Waals surface area contributed by atoms with Crippen LogP contribution >= 0.6 is 11.8 Å². The minimum absolute atomic E-state index is 0.110. The van der Waals surface area contributed by atoms with Crippen LogP contribution in [0, 0.1) is 12.7 Å². The standard InChI is InChI=1S/C24H19FN2O2S/c1-16-7-6-9-18(13-16)27-22(28)15-30-24(27)19-10-3-5-12-21(19)26(23(24)29)14-17-8-2-4-11-20(17)25/h2-13H,14-15H2,1H3/t24-/m1/s1. The second-order valence-corrected chi connectivity index (χ2v) is 8.67. The number of hydrogen-bond donors (Lipinski definition) is 0. The average molecular weight is 418 g/mol. The molecule has 150 valence electrons. The number of nitrogens with zero attached hydrogens (tertiary/aromatic N) is 2. The van der Waals surface area contributed by atoms with Crippen LogP contribution in [0.2, 0.25) is 0 Å². The Labute approximate surface area is 178 Å². The molecule has 0 unspecified atom stereocenters. The highest BCUT2D eigenvalue weighted by molar-refractivity contribution is 8.02. The van der Waals surface area contributed by atoms with Gasteiger partial charge in [0.1, 0.15) is 5.82 Å². The van der Waals surface area contributed by atoms with Crippen molar-refractivity contribution in [2.45, 2.75) is 18.3 Å². The summed E-state index contributed by atoms with van der Waals surface area (Å²) in [5.74, 6) is -0.470. The lowest BCUT2D eigenvalue weighted by Crippen LogP contribution is -2.49. The summed E-state index contributed by atoms with van der Waals surface area (Å²) in [6.07, 6.45) is 0. The second kappa shape index (κ2) is 6.99. The Morgan fingerprint density at radius 2 is 1.77 bits per heavy atom. The third kappa shape index (κ3) is 2.67. The van der Waals surface area contributed by atoms with Gasteiger partial charge in [0.05, 0.1) is 18.0 Å². The molecule has 2 aliphatic rings. The SMILES string of the molecule is Cc1cccc(N2C(=O)CS[C@]23C(=O)N(Cc2ccccc2F)c2ccccc23)c1. The van der Waals surface area contributed by atoms with Crippen molar-refractivity contribution in [3.05, 3.63) is 95.3 Å². The minimum Gasteiger partial charge on any atom is -0.304 e. The number of carbonyl (C=O) groups excluding carboxylic acids is 2. The Morgan fingerprint density at radius 3 is 2.57 bits per heavy atom. The molecule has 30 heavy (non-hydrogen) atoms. The van der Waals surface area contributed by atoms with Crippen LogP contribution in [0.25, 0.3) is 0 Å². The van der Waals surface area contributed by atoms with Gasteiger partial charge in [-0.25, -0.2) is 4.39 Å². The molecule has 1 fully saturated rings. The first-order valence-corrected chi connectivity index (χ1v) is 10.7. The molecule has 6 heteroatoms. The van der Waals surface area contributed by atoms with Crippen molar-refractivity contribution in [2.75, 3.05) is 15.6 Å². The smallest absolute Gasteiger partial charge is 0.269 e. The van der Waals surface area contributed by atoms with E-state index in [1.165, 1.54) is 17.8 Å². The monoisotopic (exact) mass is 418 g/mol. The molecule has 4 nitrogen and oxygen atoms in total. The molecule has 5 rings (SSSR count). The maximum absolute atomic E-state index is 14.4. The van der Waals surface area contributed by atoms with Crippen LogP contribution in [-0.4, -0.2) is 17.6 Å². The molecule has 2 heterocycles. The average Bonchev–Trinajstić information content (AvgIpc) is 3.21. The van der Waals surface area contributed by atoms with Gasteiger partial charge >= 0.3 is 0 Å². The van der Waals surface area contributed by atoms with E-state index in [1.54, 1.807) is 28.0 Å². The van der Waals surface area contributed by atoms with Crippen molar-refractivity contribution in [1.29, 1.82) is 0 Å². The molecule has 0 N–H and O–H groups in total. The number of thioether (sulfide) groups is 1. The Kier molecular flexibility index (Phi) is 4.40. The van der Waals surface area contributed by atoms with E-state index in [-0.39, 0.29) is 29.9 Å². The fraction of sp³-hybridized carbons (Fsp3) is 0.167. The van der Waals surface area contributed by atoms with Crippen molar-refractivity contribution in [1.82, 2.24) is 0 Å². The molecule has 0 aromatic heterocycles. The zero-order valence-corrected chi connectivity index (χ0v) is 17.2. The highest BCUT2D eigenvalue weighted by Gasteiger charge is 2.60. The largest absolute Gasteiger partial charge is 0.304 e. The molecule has 3 aromatic rings. The van der Waals surface area contributed by atoms with Crippen molar-refractivity contribution >= 4 is 35.0 Å². The Balaban J connectivity index is 1.66. The van der Waals surface area contributed by atoms with Gasteiger partial charge < -0.3 is 4.90 Å². The van der Waals surface area contributed by atoms with E-state index in [0.29, 0.717) is 16.9 Å². The van der Waals surface area contributed by atoms with Crippen LogP contribution in [-0.2, 0) is 21.0 Å². The number of aryl methyl sites for hydroxylation is 1. The number of para-hydroxylation sites is 1. The van der Waals surface area contributed by atoms with Gasteiger partial charge in [-0.2, -0.15) is 0 Å². The fourth-order valence-corrected chi connectivity index (χ4v) is 5.64. The molecule has 0 aliphatic carbocycles. The predicted molar refractivity (Wildman–Crippen MR) is 117 cm³/mol. The third-order valence-electron chi connectivity index (χ3n) is 5.61. The summed E-state index contributed by atoms with van der Waals surface area (Å²) in [6, 6.07) is 21.6. The van der Waals surface area contributed by atoms with Crippen LogP contribution in [0.3, 0.4) is 0 Å². The number of benzene rings is 3. The first-order chi connectivity index (χ1) is 14.5. The number of amides is 2. The van der Waals surface area contributed by atoms with Crippen LogP contribution in [0.1, 0.15) is 16.7 Å². The first-order valence-electron chi connectivity index (χ1n) is 9.71. The second-order valence-electron chi connectivity index (χ2n) is 7.50. The van der Waals surface area contributed by atoms with Crippen LogP contribution in [0.15, 0.2) is 72.8 Å². The molecular formula is C24H19FN2O2S. The van der Waals surface area contributed by atoms with E-state index in [9.17, 15) is 14.0 Å². The molecular weight excluding hydrogens is 399 g/mol. The van der Waals surface area contributed by atoms with Crippen LogP contribution < -0.4 is 9.80 Å². The van der Waals surface area contributed by atoms with Crippen LogP contribution in [0.4, 0.5) is 15.8 Å². The van der Waals surface area contributed by atoms with E-state index in [4.69, 9.17) is 0 Å². The Morgan fingerprint density at radius 1 is 1.00 bits per heavy atom. The predicted octanol–water partition coefficient (Wildman–Crippen LogP) is 4.61. The van der Waals surface area contributed by atoms with E-state index in [0.717, 1.165) is 11.1 Å². The summed E-state index contributed by atoms with van der Waals surface area (Å²) in [6.45, 7) is 2.07. The van der Waals surface area contributed by atoms with Gasteiger partial charge in [-0.05, 0) is 36.8 Å². The summed E-state index contributed by atoms with van der Waals surface area (Å²) in [7, 11) is 0. The lowest BCUT2D eigenvalue weighted by atomic mass is 10.0. The summed E-state index contributed by atoms with van der Waals surface area (Å²) in [5.41, 5.74) is 3.62. The molecule has 1 saturated heterocycles. The lowest BCUT2D eigenvalue weighted by Gasteiger charge is -2.33. The van der Waals surface area contributed by atoms with Gasteiger partial charge in [0, 0.05) is 16.8 Å². The highest BCUT2D eigenvalue weighted by atomic mass is 32.2. The first kappa shape index (κ1) is 18.9. The van der Waals surface area contributed by atoms with Crippen LogP contribution in [0.5, 0.6) is 0 Å². The normalized spacial score (nSPS) is 20.3. The number of hydrogen-bond acceptors (Lipinski definition) is 3. The summed E-state index contributed by atoms with van der Waals surface area (Å²) in [4.78, 5) is 28.9. The minimum atomic E-state index is -1.17. The van der Waals surface area contributed by atoms with E-state index >= 15 is 0 Å². The number of carbonyl (C=O) groups is 2. The van der Waals surface area contributed by atoms with Gasteiger partial charge in [-0.3, -0.25) is 14.5 Å². The maximum Gasteiger partial charge on any atom is 0.269 e. The zero-order chi connectivity index (χ0) is 20.9. The van der Waals surface area contributed by atoms with Crippen molar-refractivity contribution < 1.29 is 14.0 Å². The molecule has 1 spiro atoms. The van der Waals surface area contributed by atoms with Gasteiger partial charge in [-0.15, -0.1) is 11.8 Å². The Bertz CT molecular complexity index is 1180. The van der Waals surface area contributed by atoms with E-state index < -0.39 is 4.87 Å². The number of halogens is 1. The molecule has 0 radical (unpaired) electrons. The molecule has 3 aromatic carbocycles. The van der Waals surface area contributed by atoms with Crippen molar-refractivity contribution in [3.63, 3.8) is 0 Å². The van der Waals surface area contributed by atoms with Gasteiger partial charge in [-0.1, -0.05) is 48.5 Å². The lowest BCUT2D eigenvalue weighted by molar-refractivity contribution is -0.123. The number of anilines is 2. The zero-order valence-electron chi connectivity index (χ0n) is 16.3. The molecule has 2 amide bonds. The van der Waals surface area contributed by atoms with E-state index in [2.05, 4.69) is 0 Å². The van der Waals surface area contributed by atoms with E-state index in [1.807, 2.05) is 55.5 Å². The summed E-state index contributed by atoms with van der Waals surface area (Å²) < 4.78 is 14.4. The third-order valence-corrected chi connectivity index (χ3v) is 7.00. The highest BCUT2D eigenvalue weighted by Crippen LogP contribution is 2.55. The van der Waals surface area contributed by atoms with Gasteiger partial charge in [0.15, 0.2) is 0 Å². The van der Waals surface area contributed by atoms with Crippen molar-refractivity contribution in [2.24, 2.45) is 0 Å². The number of rotatable bonds is 3. The number of fused-ring (bicyclic) bond motifs is 2. The quantitative estimate of drug-likeness (QED) is 0.624. The molecule has 0 saturated carbocycles. The molecule has 2 aliphatic heterocycles. The summed E-state index contributed by atoms with van der Waals surface area (Å²) in [5, 5.41) is 0.